The summed E-state index contributed by atoms with van der Waals surface area (Å²) in [5.74, 6) is -0.642. The largest absolute Gasteiger partial charge is 0.469 e. The molecule has 0 saturated carbocycles. The van der Waals surface area contributed by atoms with Crippen LogP contribution in [0, 0.1) is 0 Å². The molecular weight excluding hydrogens is 224 g/mol. The highest BCUT2D eigenvalue weighted by atomic mass is 16.5. The number of ether oxygens (including phenoxy) is 1. The maximum absolute atomic E-state index is 11.3. The fraction of sp³-hybridized carbons (Fsp3) is 0.727. The van der Waals surface area contributed by atoms with Crippen molar-refractivity contribution in [2.45, 2.75) is 39.2 Å². The lowest BCUT2D eigenvalue weighted by molar-refractivity contribution is -0.141. The van der Waals surface area contributed by atoms with Crippen LogP contribution >= 0.6 is 0 Å². The van der Waals surface area contributed by atoms with Crippen LogP contribution in [0.1, 0.15) is 33.6 Å². The number of hydrogen-bond acceptors (Lipinski definition) is 4. The monoisotopic (exact) mass is 244 g/mol. The first-order valence-electron chi connectivity index (χ1n) is 5.39. The molecule has 0 aromatic rings. The Morgan fingerprint density at radius 2 is 1.71 bits per heavy atom. The smallest absolute Gasteiger partial charge is 0.315 e. The number of hydrogen-bond donors (Lipinski definition) is 2. The molecule has 0 unspecified atom stereocenters. The molecule has 0 aromatic heterocycles. The van der Waals surface area contributed by atoms with E-state index in [1.807, 2.05) is 20.8 Å². The average molecular weight is 244 g/mol. The first-order chi connectivity index (χ1) is 7.74. The number of carbonyl (C=O) groups excluding carboxylic acids is 3. The summed E-state index contributed by atoms with van der Waals surface area (Å²) in [7, 11) is 1.27. The number of ketones is 1. The van der Waals surface area contributed by atoms with Crippen molar-refractivity contribution in [3.8, 4) is 0 Å². The van der Waals surface area contributed by atoms with Crippen LogP contribution in [0.5, 0.6) is 0 Å². The third kappa shape index (κ3) is 9.35. The Hall–Kier alpha value is -1.59. The molecule has 2 N–H and O–H groups in total. The molecule has 6 heteroatoms. The normalized spacial score (nSPS) is 10.6. The van der Waals surface area contributed by atoms with E-state index in [-0.39, 0.29) is 30.7 Å². The Morgan fingerprint density at radius 3 is 2.18 bits per heavy atom. The Morgan fingerprint density at radius 1 is 1.12 bits per heavy atom. The minimum Gasteiger partial charge on any atom is -0.469 e. The predicted octanol–water partition coefficient (Wildman–Crippen LogP) is 0.606. The van der Waals surface area contributed by atoms with Crippen LogP contribution in [0.2, 0.25) is 0 Å². The van der Waals surface area contributed by atoms with E-state index in [0.29, 0.717) is 0 Å². The third-order valence-corrected chi connectivity index (χ3v) is 1.77. The molecule has 98 valence electrons. The van der Waals surface area contributed by atoms with Crippen molar-refractivity contribution >= 4 is 17.8 Å². The lowest BCUT2D eigenvalue weighted by atomic mass is 10.1. The number of rotatable bonds is 5. The second kappa shape index (κ2) is 6.88. The van der Waals surface area contributed by atoms with Crippen molar-refractivity contribution < 1.29 is 19.1 Å². The van der Waals surface area contributed by atoms with Gasteiger partial charge in [-0.2, -0.15) is 0 Å². The fourth-order valence-electron chi connectivity index (χ4n) is 0.996. The molecule has 6 nitrogen and oxygen atoms in total. The number of methoxy groups -OCH3 is 1. The fourth-order valence-corrected chi connectivity index (χ4v) is 0.996. The van der Waals surface area contributed by atoms with E-state index in [1.54, 1.807) is 0 Å². The van der Waals surface area contributed by atoms with Crippen LogP contribution in [-0.4, -0.2) is 37.0 Å². The highest BCUT2D eigenvalue weighted by Gasteiger charge is 2.14. The number of nitrogens with one attached hydrogen (secondary N) is 2. The topological polar surface area (TPSA) is 84.5 Å². The second-order valence-electron chi connectivity index (χ2n) is 4.67. The summed E-state index contributed by atoms with van der Waals surface area (Å²) in [6.45, 7) is 5.43. The van der Waals surface area contributed by atoms with Gasteiger partial charge in [-0.25, -0.2) is 4.79 Å². The molecule has 2 amide bonds. The van der Waals surface area contributed by atoms with Gasteiger partial charge in [0, 0.05) is 12.0 Å². The Bertz CT molecular complexity index is 294. The van der Waals surface area contributed by atoms with E-state index in [4.69, 9.17) is 0 Å². The van der Waals surface area contributed by atoms with Gasteiger partial charge in [0.15, 0.2) is 5.78 Å². The molecule has 0 aliphatic rings. The lowest BCUT2D eigenvalue weighted by Crippen LogP contribution is -2.47. The van der Waals surface area contributed by atoms with E-state index in [9.17, 15) is 14.4 Å². The number of Topliss-reactive ketones (excluding diaryl/α,β-unsaturated/α-hetero) is 1. The number of carbonyl (C=O) groups is 3. The number of amides is 2. The lowest BCUT2D eigenvalue weighted by Gasteiger charge is -2.20. The van der Waals surface area contributed by atoms with Crippen LogP contribution in [0.3, 0.4) is 0 Å². The summed E-state index contributed by atoms with van der Waals surface area (Å²) in [5, 5.41) is 5.09. The van der Waals surface area contributed by atoms with Gasteiger partial charge in [0.1, 0.15) is 0 Å². The van der Waals surface area contributed by atoms with Crippen molar-refractivity contribution in [2.24, 2.45) is 0 Å². The van der Waals surface area contributed by atoms with E-state index in [1.165, 1.54) is 7.11 Å². The second-order valence-corrected chi connectivity index (χ2v) is 4.67. The molecule has 0 bridgehead atoms. The van der Waals surface area contributed by atoms with Gasteiger partial charge in [-0.05, 0) is 20.8 Å². The van der Waals surface area contributed by atoms with E-state index >= 15 is 0 Å². The zero-order chi connectivity index (χ0) is 13.5. The minimum atomic E-state index is -0.433. The zero-order valence-electron chi connectivity index (χ0n) is 10.8. The minimum absolute atomic E-state index is 0.0396. The molecular formula is C11H20N2O4. The van der Waals surface area contributed by atoms with Crippen LogP contribution in [0.25, 0.3) is 0 Å². The molecule has 17 heavy (non-hydrogen) atoms. The maximum Gasteiger partial charge on any atom is 0.315 e. The van der Waals surface area contributed by atoms with E-state index in [0.717, 1.165) is 0 Å². The van der Waals surface area contributed by atoms with Crippen molar-refractivity contribution in [1.82, 2.24) is 10.6 Å². The van der Waals surface area contributed by atoms with Gasteiger partial charge >= 0.3 is 12.0 Å². The van der Waals surface area contributed by atoms with Crippen LogP contribution in [0.4, 0.5) is 4.79 Å². The third-order valence-electron chi connectivity index (χ3n) is 1.77. The summed E-state index contributed by atoms with van der Waals surface area (Å²) >= 11 is 0. The number of esters is 1. The van der Waals surface area contributed by atoms with Gasteiger partial charge in [-0.1, -0.05) is 0 Å². The van der Waals surface area contributed by atoms with Gasteiger partial charge in [0.25, 0.3) is 0 Å². The molecule has 0 rings (SSSR count). The molecule has 0 radical (unpaired) electrons. The molecule has 0 aromatic carbocycles. The van der Waals surface area contributed by atoms with Crippen molar-refractivity contribution in [2.75, 3.05) is 13.7 Å². The average Bonchev–Trinajstić information content (AvgIpc) is 2.20. The SMILES string of the molecule is COC(=O)CCC(=O)CNC(=O)NC(C)(C)C. The first kappa shape index (κ1) is 15.4. The highest BCUT2D eigenvalue weighted by molar-refractivity contribution is 5.87. The molecule has 0 atom stereocenters. The Kier molecular flexibility index (Phi) is 6.23. The summed E-state index contributed by atoms with van der Waals surface area (Å²) < 4.78 is 4.40. The van der Waals surface area contributed by atoms with Gasteiger partial charge in [-0.15, -0.1) is 0 Å². The number of urea groups is 1. The Balaban J connectivity index is 3.77. The van der Waals surface area contributed by atoms with E-state index in [2.05, 4.69) is 15.4 Å². The summed E-state index contributed by atoms with van der Waals surface area (Å²) in [6.07, 6.45) is 0.111. The summed E-state index contributed by atoms with van der Waals surface area (Å²) in [6, 6.07) is -0.399. The molecule has 0 aliphatic carbocycles. The van der Waals surface area contributed by atoms with Gasteiger partial charge in [0.2, 0.25) is 0 Å². The van der Waals surface area contributed by atoms with Crippen LogP contribution < -0.4 is 10.6 Å². The summed E-state index contributed by atoms with van der Waals surface area (Å²) in [4.78, 5) is 33.3. The zero-order valence-corrected chi connectivity index (χ0v) is 10.8. The molecule has 0 saturated heterocycles. The standard InChI is InChI=1S/C11H20N2O4/c1-11(2,3)13-10(16)12-7-8(14)5-6-9(15)17-4/h5-7H2,1-4H3,(H2,12,13,16). The highest BCUT2D eigenvalue weighted by Crippen LogP contribution is 1.97. The van der Waals surface area contributed by atoms with Crippen molar-refractivity contribution in [3.05, 3.63) is 0 Å². The quantitative estimate of drug-likeness (QED) is 0.694. The molecule has 0 aliphatic heterocycles. The Labute approximate surface area is 101 Å². The van der Waals surface area contributed by atoms with Gasteiger partial charge in [-0.3, -0.25) is 9.59 Å². The van der Waals surface area contributed by atoms with Crippen molar-refractivity contribution in [1.29, 1.82) is 0 Å². The van der Waals surface area contributed by atoms with Gasteiger partial charge < -0.3 is 15.4 Å². The van der Waals surface area contributed by atoms with E-state index < -0.39 is 12.0 Å². The molecule has 0 spiro atoms. The maximum atomic E-state index is 11.3. The predicted molar refractivity (Wildman–Crippen MR) is 62.5 cm³/mol. The van der Waals surface area contributed by atoms with Crippen molar-refractivity contribution in [3.63, 3.8) is 0 Å². The summed E-state index contributed by atoms with van der Waals surface area (Å²) in [5.41, 5.74) is -0.348. The van der Waals surface area contributed by atoms with Crippen LogP contribution in [-0.2, 0) is 14.3 Å². The molecule has 0 heterocycles. The first-order valence-corrected chi connectivity index (χ1v) is 5.39. The molecule has 0 fully saturated rings. The van der Waals surface area contributed by atoms with Crippen LogP contribution in [0.15, 0.2) is 0 Å². The van der Waals surface area contributed by atoms with Gasteiger partial charge in [0.05, 0.1) is 20.1 Å².